The van der Waals surface area contributed by atoms with Crippen LogP contribution in [0, 0.1) is 0 Å². The summed E-state index contributed by atoms with van der Waals surface area (Å²) in [4.78, 5) is 0.828. The Morgan fingerprint density at radius 2 is 1.80 bits per heavy atom. The van der Waals surface area contributed by atoms with E-state index in [1.807, 2.05) is 24.3 Å². The van der Waals surface area contributed by atoms with Gasteiger partial charge in [0.1, 0.15) is 0 Å². The van der Waals surface area contributed by atoms with Crippen LogP contribution >= 0.6 is 0 Å². The van der Waals surface area contributed by atoms with E-state index in [0.29, 0.717) is 0 Å². The SMILES string of the molecule is C[S@@](=O)c1ccc(C2OCCCO2)cc1. The van der Waals surface area contributed by atoms with Crippen LogP contribution in [0.1, 0.15) is 18.3 Å². The summed E-state index contributed by atoms with van der Waals surface area (Å²) in [7, 11) is -0.924. The van der Waals surface area contributed by atoms with Crippen molar-refractivity contribution in [1.29, 1.82) is 0 Å². The van der Waals surface area contributed by atoms with Crippen molar-refractivity contribution in [3.8, 4) is 0 Å². The molecule has 0 N–H and O–H groups in total. The van der Waals surface area contributed by atoms with Crippen molar-refractivity contribution >= 4 is 10.8 Å². The quantitative estimate of drug-likeness (QED) is 0.772. The molecule has 15 heavy (non-hydrogen) atoms. The zero-order chi connectivity index (χ0) is 10.7. The van der Waals surface area contributed by atoms with Gasteiger partial charge in [-0.05, 0) is 18.6 Å². The Labute approximate surface area is 91.9 Å². The molecule has 1 fully saturated rings. The second-order valence-corrected chi connectivity index (χ2v) is 4.83. The van der Waals surface area contributed by atoms with Crippen LogP contribution in [0.4, 0.5) is 0 Å². The zero-order valence-corrected chi connectivity index (χ0v) is 9.46. The third-order valence-corrected chi connectivity index (χ3v) is 3.25. The average Bonchev–Trinajstić information content (AvgIpc) is 2.30. The average molecular weight is 226 g/mol. The number of hydrogen-bond donors (Lipinski definition) is 0. The maximum atomic E-state index is 11.2. The van der Waals surface area contributed by atoms with Gasteiger partial charge in [-0.25, -0.2) is 0 Å². The molecule has 0 aliphatic carbocycles. The van der Waals surface area contributed by atoms with Crippen LogP contribution in [0.2, 0.25) is 0 Å². The molecule has 1 aromatic rings. The van der Waals surface area contributed by atoms with Gasteiger partial charge in [0.25, 0.3) is 0 Å². The summed E-state index contributed by atoms with van der Waals surface area (Å²) in [6, 6.07) is 7.53. The smallest absolute Gasteiger partial charge is 0.183 e. The van der Waals surface area contributed by atoms with Gasteiger partial charge in [-0.15, -0.1) is 0 Å². The Balaban J connectivity index is 2.11. The van der Waals surface area contributed by atoms with E-state index >= 15 is 0 Å². The molecule has 1 atom stereocenters. The maximum absolute atomic E-state index is 11.2. The molecular weight excluding hydrogens is 212 g/mol. The Morgan fingerprint density at radius 1 is 1.20 bits per heavy atom. The lowest BCUT2D eigenvalue weighted by Crippen LogP contribution is -2.17. The minimum atomic E-state index is -0.924. The number of rotatable bonds is 2. The van der Waals surface area contributed by atoms with Crippen molar-refractivity contribution in [2.45, 2.75) is 17.6 Å². The molecular formula is C11H14O3S. The molecule has 3 nitrogen and oxygen atoms in total. The van der Waals surface area contributed by atoms with E-state index < -0.39 is 10.8 Å². The normalized spacial score (nSPS) is 20.1. The van der Waals surface area contributed by atoms with Gasteiger partial charge in [0, 0.05) is 27.5 Å². The fraction of sp³-hybridized carbons (Fsp3) is 0.455. The van der Waals surface area contributed by atoms with Gasteiger partial charge < -0.3 is 9.47 Å². The molecule has 1 aromatic carbocycles. The predicted octanol–water partition coefficient (Wildman–Crippen LogP) is 1.86. The molecule has 1 aliphatic rings. The van der Waals surface area contributed by atoms with Crippen LogP contribution in [0.5, 0.6) is 0 Å². The largest absolute Gasteiger partial charge is 0.348 e. The predicted molar refractivity (Wildman–Crippen MR) is 58.0 cm³/mol. The molecule has 1 heterocycles. The first kappa shape index (κ1) is 10.8. The molecule has 1 saturated heterocycles. The summed E-state index contributed by atoms with van der Waals surface area (Å²) in [5.41, 5.74) is 0.990. The van der Waals surface area contributed by atoms with Crippen LogP contribution in [0.3, 0.4) is 0 Å². The van der Waals surface area contributed by atoms with E-state index in [0.717, 1.165) is 30.1 Å². The first-order valence-electron chi connectivity index (χ1n) is 4.94. The van der Waals surface area contributed by atoms with Gasteiger partial charge in [0.05, 0.1) is 13.2 Å². The third-order valence-electron chi connectivity index (χ3n) is 2.31. The molecule has 0 saturated carbocycles. The summed E-state index contributed by atoms with van der Waals surface area (Å²) in [5, 5.41) is 0. The van der Waals surface area contributed by atoms with Crippen LogP contribution in [0.15, 0.2) is 29.2 Å². The highest BCUT2D eigenvalue weighted by Gasteiger charge is 2.16. The molecule has 0 aromatic heterocycles. The Bertz CT molecular complexity index is 341. The fourth-order valence-corrected chi connectivity index (χ4v) is 2.02. The zero-order valence-electron chi connectivity index (χ0n) is 8.64. The highest BCUT2D eigenvalue weighted by molar-refractivity contribution is 7.84. The molecule has 0 bridgehead atoms. The molecule has 0 spiro atoms. The van der Waals surface area contributed by atoms with Crippen molar-refractivity contribution in [2.24, 2.45) is 0 Å². The maximum Gasteiger partial charge on any atom is 0.183 e. The molecule has 2 rings (SSSR count). The summed E-state index contributed by atoms with van der Waals surface area (Å²) in [6.07, 6.45) is 2.37. The number of hydrogen-bond acceptors (Lipinski definition) is 3. The van der Waals surface area contributed by atoms with Crippen LogP contribution in [0.25, 0.3) is 0 Å². The van der Waals surface area contributed by atoms with E-state index in [2.05, 4.69) is 0 Å². The van der Waals surface area contributed by atoms with Crippen LogP contribution in [-0.4, -0.2) is 23.7 Å². The van der Waals surface area contributed by atoms with Gasteiger partial charge in [0.2, 0.25) is 0 Å². The molecule has 0 unspecified atom stereocenters. The van der Waals surface area contributed by atoms with Gasteiger partial charge in [-0.3, -0.25) is 4.21 Å². The van der Waals surface area contributed by atoms with Gasteiger partial charge >= 0.3 is 0 Å². The van der Waals surface area contributed by atoms with Gasteiger partial charge in [-0.1, -0.05) is 12.1 Å². The summed E-state index contributed by atoms with van der Waals surface area (Å²) in [5.74, 6) is 0. The Hall–Kier alpha value is -0.710. The standard InChI is InChI=1S/C11H14O3S/c1-15(12)10-5-3-9(4-6-10)11-13-7-2-8-14-11/h3-6,11H,2,7-8H2,1H3/t15-/m1/s1. The Kier molecular flexibility index (Phi) is 3.51. The minimum absolute atomic E-state index is 0.252. The van der Waals surface area contributed by atoms with E-state index in [1.54, 1.807) is 6.26 Å². The molecule has 0 amide bonds. The molecule has 82 valence electrons. The van der Waals surface area contributed by atoms with Crippen molar-refractivity contribution in [3.63, 3.8) is 0 Å². The van der Waals surface area contributed by atoms with Crippen LogP contribution in [-0.2, 0) is 20.3 Å². The first-order chi connectivity index (χ1) is 7.27. The van der Waals surface area contributed by atoms with Crippen molar-refractivity contribution in [3.05, 3.63) is 29.8 Å². The topological polar surface area (TPSA) is 35.5 Å². The number of benzene rings is 1. The highest BCUT2D eigenvalue weighted by atomic mass is 32.2. The van der Waals surface area contributed by atoms with E-state index in [9.17, 15) is 4.21 Å². The summed E-state index contributed by atoms with van der Waals surface area (Å²) < 4.78 is 22.1. The van der Waals surface area contributed by atoms with Crippen molar-refractivity contribution < 1.29 is 13.7 Å². The van der Waals surface area contributed by atoms with E-state index in [4.69, 9.17) is 9.47 Å². The summed E-state index contributed by atoms with van der Waals surface area (Å²) >= 11 is 0. The number of ether oxygens (including phenoxy) is 2. The molecule has 0 radical (unpaired) electrons. The highest BCUT2D eigenvalue weighted by Crippen LogP contribution is 2.23. The lowest BCUT2D eigenvalue weighted by atomic mass is 10.2. The lowest BCUT2D eigenvalue weighted by molar-refractivity contribution is -0.183. The van der Waals surface area contributed by atoms with E-state index in [-0.39, 0.29) is 6.29 Å². The van der Waals surface area contributed by atoms with Crippen molar-refractivity contribution in [2.75, 3.05) is 19.5 Å². The first-order valence-corrected chi connectivity index (χ1v) is 6.50. The second kappa shape index (κ2) is 4.88. The second-order valence-electron chi connectivity index (χ2n) is 3.45. The van der Waals surface area contributed by atoms with Crippen molar-refractivity contribution in [1.82, 2.24) is 0 Å². The van der Waals surface area contributed by atoms with E-state index in [1.165, 1.54) is 0 Å². The molecule has 1 aliphatic heterocycles. The lowest BCUT2D eigenvalue weighted by Gasteiger charge is -2.23. The van der Waals surface area contributed by atoms with Gasteiger partial charge in [0.15, 0.2) is 6.29 Å². The van der Waals surface area contributed by atoms with Crippen LogP contribution < -0.4 is 0 Å². The monoisotopic (exact) mass is 226 g/mol. The fourth-order valence-electron chi connectivity index (χ4n) is 1.50. The third kappa shape index (κ3) is 2.65. The Morgan fingerprint density at radius 3 is 2.33 bits per heavy atom. The molecule has 4 heteroatoms. The van der Waals surface area contributed by atoms with Gasteiger partial charge in [-0.2, -0.15) is 0 Å². The minimum Gasteiger partial charge on any atom is -0.348 e. The summed E-state index contributed by atoms with van der Waals surface area (Å²) in [6.45, 7) is 1.48.